The Morgan fingerprint density at radius 2 is 1.59 bits per heavy atom. The van der Waals surface area contributed by atoms with Gasteiger partial charge in [-0.15, -0.1) is 0 Å². The van der Waals surface area contributed by atoms with Crippen LogP contribution in [-0.4, -0.2) is 67.1 Å². The highest BCUT2D eigenvalue weighted by Gasteiger charge is 2.23. The minimum Gasteiger partial charge on any atom is -0.494 e. The van der Waals surface area contributed by atoms with E-state index in [0.717, 1.165) is 74.6 Å². The Bertz CT molecular complexity index is 1830. The number of carbonyl (C=O) groups is 2. The number of aryl methyl sites for hydroxylation is 3. The van der Waals surface area contributed by atoms with Crippen LogP contribution in [0.4, 0.5) is 5.69 Å². The van der Waals surface area contributed by atoms with E-state index < -0.39 is 0 Å². The Kier molecular flexibility index (Phi) is 19.2. The Morgan fingerprint density at radius 1 is 0.929 bits per heavy atom. The second-order valence-electron chi connectivity index (χ2n) is 14.5. The van der Waals surface area contributed by atoms with E-state index in [-0.39, 0.29) is 18.6 Å². The smallest absolute Gasteiger partial charge is 0.290 e. The van der Waals surface area contributed by atoms with Gasteiger partial charge in [-0.3, -0.25) is 14.4 Å². The summed E-state index contributed by atoms with van der Waals surface area (Å²) in [5.41, 5.74) is 8.73. The van der Waals surface area contributed by atoms with E-state index in [4.69, 9.17) is 28.6 Å². The van der Waals surface area contributed by atoms with Crippen LogP contribution in [0, 0.1) is 33.6 Å². The summed E-state index contributed by atoms with van der Waals surface area (Å²) in [5.74, 6) is 3.23. The SMILES string of the molecule is CCN(c1cc(-c2ccc(OCCCCCOc3cc(C(C)C(C)C)on3)cc2)cc(C)c1C)C1CCOCC1.Cc1cc(C)c(CNC=O)c(=O)[nH]1.O=CO. The molecule has 5 rings (SSSR count). The van der Waals surface area contributed by atoms with Crippen molar-refractivity contribution in [3.63, 3.8) is 0 Å². The number of rotatable bonds is 17. The van der Waals surface area contributed by atoms with Crippen LogP contribution in [0.3, 0.4) is 0 Å². The molecule has 12 heteroatoms. The second-order valence-corrected chi connectivity index (χ2v) is 14.5. The van der Waals surface area contributed by atoms with Crippen molar-refractivity contribution in [3.8, 4) is 22.8 Å². The van der Waals surface area contributed by atoms with E-state index in [0.29, 0.717) is 48.9 Å². The zero-order chi connectivity index (χ0) is 41.0. The zero-order valence-electron chi connectivity index (χ0n) is 34.5. The fourth-order valence-corrected chi connectivity index (χ4v) is 6.55. The highest BCUT2D eigenvalue weighted by molar-refractivity contribution is 5.73. The van der Waals surface area contributed by atoms with Crippen molar-refractivity contribution in [1.29, 1.82) is 0 Å². The molecular weight excluding hydrogens is 713 g/mol. The van der Waals surface area contributed by atoms with Crippen LogP contribution >= 0.6 is 0 Å². The van der Waals surface area contributed by atoms with Crippen LogP contribution < -0.4 is 25.2 Å². The molecule has 1 saturated heterocycles. The molecule has 1 unspecified atom stereocenters. The summed E-state index contributed by atoms with van der Waals surface area (Å²) in [5, 5.41) is 13.4. The van der Waals surface area contributed by atoms with Gasteiger partial charge in [-0.05, 0) is 130 Å². The molecule has 4 aromatic rings. The number of carbonyl (C=O) groups excluding carboxylic acids is 1. The number of unbranched alkanes of at least 4 members (excludes halogenated alkanes) is 2. The number of benzene rings is 2. The van der Waals surface area contributed by atoms with Crippen LogP contribution in [0.5, 0.6) is 11.6 Å². The molecule has 1 amide bonds. The van der Waals surface area contributed by atoms with Gasteiger partial charge in [-0.2, -0.15) is 0 Å². The summed E-state index contributed by atoms with van der Waals surface area (Å²) in [4.78, 5) is 35.0. The molecule has 2 aromatic carbocycles. The van der Waals surface area contributed by atoms with Gasteiger partial charge >= 0.3 is 0 Å². The number of nitrogens with zero attached hydrogens (tertiary/aromatic N) is 2. The molecule has 0 aliphatic carbocycles. The lowest BCUT2D eigenvalue weighted by Gasteiger charge is -2.37. The number of pyridine rings is 1. The number of amides is 1. The first kappa shape index (κ1) is 45.3. The molecule has 306 valence electrons. The molecule has 2 aromatic heterocycles. The van der Waals surface area contributed by atoms with Crippen molar-refractivity contribution in [2.24, 2.45) is 5.92 Å². The maximum Gasteiger partial charge on any atom is 0.290 e. The fourth-order valence-electron chi connectivity index (χ4n) is 6.55. The Morgan fingerprint density at radius 3 is 2.20 bits per heavy atom. The molecule has 12 nitrogen and oxygen atoms in total. The van der Waals surface area contributed by atoms with Crippen LogP contribution in [0.25, 0.3) is 11.1 Å². The Hall–Kier alpha value is -5.10. The molecule has 1 fully saturated rings. The third-order valence-corrected chi connectivity index (χ3v) is 10.2. The first-order chi connectivity index (χ1) is 26.9. The molecular formula is C44H62N4O8. The van der Waals surface area contributed by atoms with Crippen molar-refractivity contribution in [2.75, 3.05) is 37.9 Å². The van der Waals surface area contributed by atoms with Gasteiger partial charge in [0.1, 0.15) is 11.5 Å². The number of nitrogens with one attached hydrogen (secondary N) is 2. The molecule has 0 saturated carbocycles. The van der Waals surface area contributed by atoms with E-state index in [1.807, 2.05) is 26.0 Å². The van der Waals surface area contributed by atoms with Crippen LogP contribution in [0.1, 0.15) is 99.4 Å². The Labute approximate surface area is 331 Å². The van der Waals surface area contributed by atoms with Gasteiger partial charge in [0.15, 0.2) is 0 Å². The Balaban J connectivity index is 0.000000439. The number of aromatic nitrogens is 2. The van der Waals surface area contributed by atoms with E-state index in [1.54, 1.807) is 0 Å². The number of carboxylic acid groups (broad SMARTS) is 1. The van der Waals surface area contributed by atoms with Crippen molar-refractivity contribution in [1.82, 2.24) is 15.5 Å². The first-order valence-electron chi connectivity index (χ1n) is 19.7. The van der Waals surface area contributed by atoms with Crippen LogP contribution in [-0.2, 0) is 20.9 Å². The van der Waals surface area contributed by atoms with Crippen molar-refractivity contribution in [2.45, 2.75) is 106 Å². The fraction of sp³-hybridized carbons (Fsp3) is 0.500. The van der Waals surface area contributed by atoms with E-state index in [1.165, 1.54) is 27.9 Å². The van der Waals surface area contributed by atoms with Crippen molar-refractivity contribution < 1.29 is 33.4 Å². The van der Waals surface area contributed by atoms with E-state index in [2.05, 4.69) is 98.3 Å². The maximum absolute atomic E-state index is 11.4. The molecule has 1 atom stereocenters. The van der Waals surface area contributed by atoms with Crippen LogP contribution in [0.2, 0.25) is 0 Å². The third kappa shape index (κ3) is 13.9. The van der Waals surface area contributed by atoms with Crippen molar-refractivity contribution in [3.05, 3.63) is 92.6 Å². The van der Waals surface area contributed by atoms with Gasteiger partial charge in [-0.1, -0.05) is 39.0 Å². The standard InChI is InChI=1S/C34H48N2O4.C9H12N2O2.CH2O2/c1-7-36(30-15-19-37-20-16-30)32-22-29(21-25(4)27(32)6)28-11-13-31(14-12-28)38-17-9-8-10-18-39-34-23-33(40-35-34)26(5)24(2)3;1-6-3-7(2)11-9(13)8(6)4-10-5-12;2-1-3/h11-14,21-24,26,30H,7-10,15-20H2,1-6H3;3,5H,4H2,1-2H3,(H,10,12)(H,11,13);1H,(H,2,3). The largest absolute Gasteiger partial charge is 0.494 e. The number of ether oxygens (including phenoxy) is 3. The predicted molar refractivity (Wildman–Crippen MR) is 221 cm³/mol. The number of hydrogen-bond acceptors (Lipinski definition) is 9. The molecule has 0 radical (unpaired) electrons. The number of hydrogen-bond donors (Lipinski definition) is 3. The minimum atomic E-state index is -0.250. The van der Waals surface area contributed by atoms with Gasteiger partial charge in [-0.25, -0.2) is 0 Å². The lowest BCUT2D eigenvalue weighted by molar-refractivity contribution is -0.122. The van der Waals surface area contributed by atoms with E-state index >= 15 is 0 Å². The highest BCUT2D eigenvalue weighted by Crippen LogP contribution is 2.34. The third-order valence-electron chi connectivity index (χ3n) is 10.2. The first-order valence-corrected chi connectivity index (χ1v) is 19.7. The normalized spacial score (nSPS) is 13.1. The maximum atomic E-state index is 11.4. The topological polar surface area (TPSA) is 156 Å². The van der Waals surface area contributed by atoms with Crippen LogP contribution in [0.15, 0.2) is 57.8 Å². The minimum absolute atomic E-state index is 0.133. The molecule has 1 aliphatic rings. The molecule has 56 heavy (non-hydrogen) atoms. The van der Waals surface area contributed by atoms with E-state index in [9.17, 15) is 9.59 Å². The van der Waals surface area contributed by atoms with Gasteiger partial charge in [0.05, 0.1) is 13.2 Å². The highest BCUT2D eigenvalue weighted by atomic mass is 16.5. The average Bonchev–Trinajstić information content (AvgIpc) is 3.66. The molecule has 0 spiro atoms. The number of H-pyrrole nitrogens is 1. The molecule has 0 bridgehead atoms. The summed E-state index contributed by atoms with van der Waals surface area (Å²) in [6.45, 7) is 21.0. The van der Waals surface area contributed by atoms with Crippen molar-refractivity contribution >= 4 is 18.6 Å². The summed E-state index contributed by atoms with van der Waals surface area (Å²) in [6.07, 6.45) is 5.75. The van der Waals surface area contributed by atoms with Gasteiger partial charge in [0, 0.05) is 61.3 Å². The monoisotopic (exact) mass is 774 g/mol. The average molecular weight is 775 g/mol. The molecule has 1 aliphatic heterocycles. The number of aromatic amines is 1. The summed E-state index contributed by atoms with van der Waals surface area (Å²) >= 11 is 0. The molecule has 3 N–H and O–H groups in total. The van der Waals surface area contributed by atoms with Gasteiger partial charge < -0.3 is 39.0 Å². The van der Waals surface area contributed by atoms with Gasteiger partial charge in [0.25, 0.3) is 17.9 Å². The lowest BCUT2D eigenvalue weighted by Crippen LogP contribution is -2.39. The quantitative estimate of drug-likeness (QED) is 0.0705. The van der Waals surface area contributed by atoms with Gasteiger partial charge in [0.2, 0.25) is 6.41 Å². The summed E-state index contributed by atoms with van der Waals surface area (Å²) in [6, 6.07) is 17.5. The molecule has 3 heterocycles. The second kappa shape index (κ2) is 23.7. The number of anilines is 1. The predicted octanol–water partition coefficient (Wildman–Crippen LogP) is 8.29. The lowest BCUT2D eigenvalue weighted by atomic mass is 9.96. The summed E-state index contributed by atoms with van der Waals surface area (Å²) in [7, 11) is 0. The zero-order valence-corrected chi connectivity index (χ0v) is 34.5. The summed E-state index contributed by atoms with van der Waals surface area (Å²) < 4.78 is 22.8.